The number of carbonyl (C=O) groups is 1. The maximum Gasteiger partial charge on any atom is 0.271 e. The molecular weight excluding hydrogens is 374 g/mol. The summed E-state index contributed by atoms with van der Waals surface area (Å²) in [7, 11) is 0. The van der Waals surface area contributed by atoms with Crippen molar-refractivity contribution in [2.75, 3.05) is 5.32 Å². The molecule has 4 rings (SSSR count). The molecular formula is C20H17N5O4. The third-order valence-electron chi connectivity index (χ3n) is 4.39. The summed E-state index contributed by atoms with van der Waals surface area (Å²) in [5.74, 6) is 0.0989. The number of nitro groups is 1. The number of hydrogen-bond acceptors (Lipinski definition) is 6. The van der Waals surface area contributed by atoms with Crippen LogP contribution in [0.4, 0.5) is 11.4 Å². The first-order valence-electron chi connectivity index (χ1n) is 8.92. The number of nitrogens with one attached hydrogen (secondary N) is 1. The van der Waals surface area contributed by atoms with Crippen molar-refractivity contribution in [3.63, 3.8) is 0 Å². The van der Waals surface area contributed by atoms with E-state index in [0.717, 1.165) is 0 Å². The average Bonchev–Trinajstić information content (AvgIpc) is 3.37. The molecule has 4 aromatic rings. The highest BCUT2D eigenvalue weighted by atomic mass is 16.6. The quantitative estimate of drug-likeness (QED) is 0.397. The highest BCUT2D eigenvalue weighted by molar-refractivity contribution is 6.12. The topological polar surface area (TPSA) is 116 Å². The number of benzene rings is 1. The minimum absolute atomic E-state index is 0.0412. The van der Waals surface area contributed by atoms with Crippen molar-refractivity contribution >= 4 is 28.3 Å². The molecule has 0 saturated heterocycles. The van der Waals surface area contributed by atoms with Crippen LogP contribution in [-0.2, 0) is 0 Å². The monoisotopic (exact) mass is 391 g/mol. The Hall–Kier alpha value is -4.01. The largest absolute Gasteiger partial charge is 0.463 e. The van der Waals surface area contributed by atoms with Gasteiger partial charge in [0.2, 0.25) is 0 Å². The van der Waals surface area contributed by atoms with Crippen LogP contribution in [0.15, 0.2) is 59.3 Å². The summed E-state index contributed by atoms with van der Waals surface area (Å²) >= 11 is 0. The molecule has 9 heteroatoms. The fourth-order valence-electron chi connectivity index (χ4n) is 3.03. The van der Waals surface area contributed by atoms with Crippen LogP contribution in [-0.4, -0.2) is 25.6 Å². The molecule has 1 N–H and O–H groups in total. The van der Waals surface area contributed by atoms with Crippen molar-refractivity contribution in [3.05, 3.63) is 70.6 Å². The fourth-order valence-corrected chi connectivity index (χ4v) is 3.03. The molecule has 0 aliphatic carbocycles. The molecule has 3 heterocycles. The minimum Gasteiger partial charge on any atom is -0.463 e. The van der Waals surface area contributed by atoms with Gasteiger partial charge in [-0.2, -0.15) is 5.10 Å². The Kier molecular flexibility index (Phi) is 4.55. The Morgan fingerprint density at radius 3 is 2.76 bits per heavy atom. The van der Waals surface area contributed by atoms with Crippen LogP contribution in [0.25, 0.3) is 22.5 Å². The lowest BCUT2D eigenvalue weighted by atomic mass is 10.1. The van der Waals surface area contributed by atoms with Crippen LogP contribution >= 0.6 is 0 Å². The Morgan fingerprint density at radius 1 is 1.24 bits per heavy atom. The third kappa shape index (κ3) is 3.45. The number of nitro benzene ring substituents is 1. The Morgan fingerprint density at radius 2 is 2.07 bits per heavy atom. The number of aromatic nitrogens is 3. The number of furan rings is 1. The number of fused-ring (bicyclic) bond motifs is 1. The maximum absolute atomic E-state index is 13.0. The van der Waals surface area contributed by atoms with Gasteiger partial charge in [0.1, 0.15) is 5.69 Å². The molecule has 29 heavy (non-hydrogen) atoms. The van der Waals surface area contributed by atoms with Gasteiger partial charge < -0.3 is 9.73 Å². The van der Waals surface area contributed by atoms with Crippen LogP contribution in [0.3, 0.4) is 0 Å². The number of rotatable bonds is 5. The molecule has 0 bridgehead atoms. The van der Waals surface area contributed by atoms with Gasteiger partial charge in [0.05, 0.1) is 28.3 Å². The highest BCUT2D eigenvalue weighted by Crippen LogP contribution is 2.27. The number of pyridine rings is 1. The summed E-state index contributed by atoms with van der Waals surface area (Å²) < 4.78 is 7.17. The molecule has 3 aromatic heterocycles. The van der Waals surface area contributed by atoms with Crippen LogP contribution < -0.4 is 5.32 Å². The number of amides is 1. The summed E-state index contributed by atoms with van der Waals surface area (Å²) in [6, 6.07) is 10.9. The van der Waals surface area contributed by atoms with E-state index in [2.05, 4.69) is 15.4 Å². The molecule has 0 atom stereocenters. The first-order valence-corrected chi connectivity index (χ1v) is 8.92. The SMILES string of the molecule is CC(C)n1ncc2c(C(=O)Nc3cccc([N+](=O)[O-])c3)cc(-c3ccco3)nc21. The summed E-state index contributed by atoms with van der Waals surface area (Å²) in [5, 5.41) is 18.6. The van der Waals surface area contributed by atoms with Crippen molar-refractivity contribution in [2.45, 2.75) is 19.9 Å². The molecule has 9 nitrogen and oxygen atoms in total. The fraction of sp³-hybridized carbons (Fsp3) is 0.150. The van der Waals surface area contributed by atoms with Crippen LogP contribution in [0.5, 0.6) is 0 Å². The number of nitrogens with zero attached hydrogens (tertiary/aromatic N) is 4. The lowest BCUT2D eigenvalue weighted by molar-refractivity contribution is -0.384. The average molecular weight is 391 g/mol. The van der Waals surface area contributed by atoms with Gasteiger partial charge in [0, 0.05) is 23.9 Å². The Balaban J connectivity index is 1.80. The van der Waals surface area contributed by atoms with Gasteiger partial charge in [-0.05, 0) is 38.1 Å². The molecule has 1 aromatic carbocycles. The van der Waals surface area contributed by atoms with Crippen LogP contribution in [0, 0.1) is 10.1 Å². The zero-order chi connectivity index (χ0) is 20.5. The summed E-state index contributed by atoms with van der Waals surface area (Å²) in [6.45, 7) is 3.94. The van der Waals surface area contributed by atoms with Gasteiger partial charge in [0.25, 0.3) is 11.6 Å². The lowest BCUT2D eigenvalue weighted by Gasteiger charge is -2.10. The van der Waals surface area contributed by atoms with E-state index in [0.29, 0.717) is 33.7 Å². The van der Waals surface area contributed by atoms with Crippen molar-refractivity contribution in [3.8, 4) is 11.5 Å². The van der Waals surface area contributed by atoms with Gasteiger partial charge in [-0.3, -0.25) is 14.9 Å². The number of anilines is 1. The molecule has 0 spiro atoms. The van der Waals surface area contributed by atoms with Crippen molar-refractivity contribution in [2.24, 2.45) is 0 Å². The molecule has 146 valence electrons. The second-order valence-electron chi connectivity index (χ2n) is 6.71. The van der Waals surface area contributed by atoms with E-state index in [1.165, 1.54) is 24.5 Å². The van der Waals surface area contributed by atoms with Gasteiger partial charge >= 0.3 is 0 Å². The number of hydrogen-bond donors (Lipinski definition) is 1. The zero-order valence-corrected chi connectivity index (χ0v) is 15.7. The Labute approximate surface area is 165 Å². The van der Waals surface area contributed by atoms with E-state index < -0.39 is 10.8 Å². The second-order valence-corrected chi connectivity index (χ2v) is 6.71. The minimum atomic E-state index is -0.512. The number of non-ortho nitro benzene ring substituents is 1. The molecule has 0 radical (unpaired) electrons. The van der Waals surface area contributed by atoms with E-state index in [1.807, 2.05) is 13.8 Å². The van der Waals surface area contributed by atoms with Gasteiger partial charge in [-0.25, -0.2) is 9.67 Å². The standard InChI is InChI=1S/C20H17N5O4/c1-12(2)24-19-16(11-21-24)15(10-17(23-19)18-7-4-8-29-18)20(26)22-13-5-3-6-14(9-13)25(27)28/h3-12H,1-2H3,(H,22,26). The third-order valence-corrected chi connectivity index (χ3v) is 4.39. The van der Waals surface area contributed by atoms with Crippen LogP contribution in [0.1, 0.15) is 30.2 Å². The van der Waals surface area contributed by atoms with E-state index >= 15 is 0 Å². The second kappa shape index (κ2) is 7.19. The highest BCUT2D eigenvalue weighted by Gasteiger charge is 2.20. The molecule has 0 aliphatic heterocycles. The van der Waals surface area contributed by atoms with Gasteiger partial charge in [-0.15, -0.1) is 0 Å². The number of carbonyl (C=O) groups excluding carboxylic acids is 1. The summed E-state index contributed by atoms with van der Waals surface area (Å²) in [6.07, 6.45) is 3.13. The normalized spacial score (nSPS) is 11.1. The molecule has 1 amide bonds. The summed E-state index contributed by atoms with van der Waals surface area (Å²) in [4.78, 5) is 28.1. The molecule has 0 fully saturated rings. The molecule has 0 unspecified atom stereocenters. The first kappa shape index (κ1) is 18.4. The summed E-state index contributed by atoms with van der Waals surface area (Å²) in [5.41, 5.74) is 1.61. The Bertz CT molecular complexity index is 1210. The predicted octanol–water partition coefficient (Wildman–Crippen LogP) is 4.43. The first-order chi connectivity index (χ1) is 13.9. The van der Waals surface area contributed by atoms with Crippen molar-refractivity contribution in [1.82, 2.24) is 14.8 Å². The van der Waals surface area contributed by atoms with E-state index in [4.69, 9.17) is 4.42 Å². The zero-order valence-electron chi connectivity index (χ0n) is 15.7. The lowest BCUT2D eigenvalue weighted by Crippen LogP contribution is -2.13. The van der Waals surface area contributed by atoms with E-state index in [-0.39, 0.29) is 11.7 Å². The van der Waals surface area contributed by atoms with E-state index in [1.54, 1.807) is 35.1 Å². The maximum atomic E-state index is 13.0. The van der Waals surface area contributed by atoms with Crippen molar-refractivity contribution in [1.29, 1.82) is 0 Å². The van der Waals surface area contributed by atoms with Crippen LogP contribution in [0.2, 0.25) is 0 Å². The predicted molar refractivity (Wildman–Crippen MR) is 107 cm³/mol. The smallest absolute Gasteiger partial charge is 0.271 e. The van der Waals surface area contributed by atoms with Gasteiger partial charge in [-0.1, -0.05) is 6.07 Å². The molecule has 0 saturated carbocycles. The van der Waals surface area contributed by atoms with Crippen molar-refractivity contribution < 1.29 is 14.1 Å². The van der Waals surface area contributed by atoms with E-state index in [9.17, 15) is 14.9 Å². The molecule has 0 aliphatic rings. The van der Waals surface area contributed by atoms with Gasteiger partial charge in [0.15, 0.2) is 11.4 Å².